The number of likely N-dealkylation sites (N-methyl/N-ethyl adjacent to an activating group) is 1. The van der Waals surface area contributed by atoms with E-state index in [0.29, 0.717) is 17.1 Å². The van der Waals surface area contributed by atoms with Crippen LogP contribution in [0.2, 0.25) is 0 Å². The van der Waals surface area contributed by atoms with Crippen LogP contribution in [0.3, 0.4) is 0 Å². The summed E-state index contributed by atoms with van der Waals surface area (Å²) in [5, 5.41) is 2.92. The van der Waals surface area contributed by atoms with E-state index in [1.54, 1.807) is 27.3 Å². The zero-order valence-electron chi connectivity index (χ0n) is 11.0. The highest BCUT2D eigenvalue weighted by molar-refractivity contribution is 6.02. The van der Waals surface area contributed by atoms with Gasteiger partial charge in [0.15, 0.2) is 5.78 Å². The van der Waals surface area contributed by atoms with Gasteiger partial charge in [0.25, 0.3) is 0 Å². The van der Waals surface area contributed by atoms with Gasteiger partial charge in [-0.15, -0.1) is 0 Å². The average molecular weight is 237 g/mol. The molecule has 0 aromatic heterocycles. The first-order valence-corrected chi connectivity index (χ1v) is 5.49. The van der Waals surface area contributed by atoms with E-state index < -0.39 is 0 Å². The second-order valence-electron chi connectivity index (χ2n) is 3.90. The first-order chi connectivity index (χ1) is 8.04. The number of Topliss-reactive ketones (excluding diaryl/α,β-unsaturated/α-hetero) is 1. The van der Waals surface area contributed by atoms with Gasteiger partial charge in [-0.05, 0) is 38.6 Å². The number of rotatable bonds is 5. The first kappa shape index (κ1) is 13.5. The van der Waals surface area contributed by atoms with Crippen molar-refractivity contribution < 1.29 is 14.3 Å². The zero-order valence-corrected chi connectivity index (χ0v) is 11.0. The smallest absolute Gasteiger partial charge is 0.183 e. The number of hydrogen-bond acceptors (Lipinski definition) is 4. The number of carbonyl (C=O) groups is 1. The minimum absolute atomic E-state index is 0.0114. The molecule has 17 heavy (non-hydrogen) atoms. The van der Waals surface area contributed by atoms with Crippen molar-refractivity contribution >= 4 is 5.78 Å². The lowest BCUT2D eigenvalue weighted by atomic mass is 10.0. The second kappa shape index (κ2) is 5.68. The van der Waals surface area contributed by atoms with Crippen molar-refractivity contribution in [2.75, 3.05) is 21.3 Å². The molecule has 1 atom stereocenters. The van der Waals surface area contributed by atoms with E-state index in [2.05, 4.69) is 5.32 Å². The molecule has 0 spiro atoms. The van der Waals surface area contributed by atoms with Gasteiger partial charge in [-0.2, -0.15) is 0 Å². The van der Waals surface area contributed by atoms with Crippen molar-refractivity contribution in [2.24, 2.45) is 0 Å². The SMILES string of the molecule is CNC(C)C(=O)c1cc(OC)c(C)cc1OC. The van der Waals surface area contributed by atoms with E-state index >= 15 is 0 Å². The van der Waals surface area contributed by atoms with Crippen molar-refractivity contribution in [3.8, 4) is 11.5 Å². The van der Waals surface area contributed by atoms with Gasteiger partial charge in [-0.25, -0.2) is 0 Å². The predicted octanol–water partition coefficient (Wildman–Crippen LogP) is 1.80. The van der Waals surface area contributed by atoms with E-state index in [1.807, 2.05) is 19.9 Å². The van der Waals surface area contributed by atoms with E-state index in [-0.39, 0.29) is 11.8 Å². The summed E-state index contributed by atoms with van der Waals surface area (Å²) in [5.74, 6) is 1.26. The quantitative estimate of drug-likeness (QED) is 0.793. The third kappa shape index (κ3) is 2.77. The summed E-state index contributed by atoms with van der Waals surface area (Å²) in [7, 11) is 4.90. The normalized spacial score (nSPS) is 12.1. The number of carbonyl (C=O) groups excluding carboxylic acids is 1. The maximum Gasteiger partial charge on any atom is 0.183 e. The van der Waals surface area contributed by atoms with Crippen LogP contribution >= 0.6 is 0 Å². The Kier molecular flexibility index (Phi) is 4.52. The fourth-order valence-corrected chi connectivity index (χ4v) is 1.61. The maximum absolute atomic E-state index is 12.1. The largest absolute Gasteiger partial charge is 0.496 e. The second-order valence-corrected chi connectivity index (χ2v) is 3.90. The molecule has 4 heteroatoms. The van der Waals surface area contributed by atoms with Gasteiger partial charge in [0, 0.05) is 0 Å². The summed E-state index contributed by atoms with van der Waals surface area (Å²) in [6.07, 6.45) is 0. The molecule has 0 fully saturated rings. The summed E-state index contributed by atoms with van der Waals surface area (Å²) in [6.45, 7) is 3.73. The van der Waals surface area contributed by atoms with E-state index in [0.717, 1.165) is 5.56 Å². The van der Waals surface area contributed by atoms with Gasteiger partial charge < -0.3 is 14.8 Å². The molecule has 1 aromatic carbocycles. The third-order valence-electron chi connectivity index (χ3n) is 2.81. The van der Waals surface area contributed by atoms with Crippen molar-refractivity contribution in [1.82, 2.24) is 5.32 Å². The zero-order chi connectivity index (χ0) is 13.0. The Hall–Kier alpha value is -1.55. The topological polar surface area (TPSA) is 47.6 Å². The number of methoxy groups -OCH3 is 2. The standard InChI is InChI=1S/C13H19NO3/c1-8-6-12(17-5)10(7-11(8)16-4)13(15)9(2)14-3/h6-7,9,14H,1-5H3. The summed E-state index contributed by atoms with van der Waals surface area (Å²) in [4.78, 5) is 12.1. The summed E-state index contributed by atoms with van der Waals surface area (Å²) in [5.41, 5.74) is 1.48. The molecule has 0 saturated carbocycles. The van der Waals surface area contributed by atoms with E-state index in [1.165, 1.54) is 0 Å². The third-order valence-corrected chi connectivity index (χ3v) is 2.81. The minimum Gasteiger partial charge on any atom is -0.496 e. The molecule has 94 valence electrons. The van der Waals surface area contributed by atoms with E-state index in [9.17, 15) is 4.79 Å². The summed E-state index contributed by atoms with van der Waals surface area (Å²) < 4.78 is 10.5. The molecule has 0 bridgehead atoms. The predicted molar refractivity (Wildman–Crippen MR) is 67.1 cm³/mol. The molecule has 0 aliphatic rings. The first-order valence-electron chi connectivity index (χ1n) is 5.49. The molecule has 1 aromatic rings. The Bertz CT molecular complexity index is 415. The van der Waals surface area contributed by atoms with Crippen LogP contribution in [0.5, 0.6) is 11.5 Å². The molecular formula is C13H19NO3. The minimum atomic E-state index is -0.253. The molecule has 0 amide bonds. The van der Waals surface area contributed by atoms with Crippen LogP contribution in [0.25, 0.3) is 0 Å². The number of aryl methyl sites for hydroxylation is 1. The lowest BCUT2D eigenvalue weighted by Crippen LogP contribution is -2.31. The number of benzene rings is 1. The van der Waals surface area contributed by atoms with Gasteiger partial charge in [-0.3, -0.25) is 4.79 Å². The average Bonchev–Trinajstić information content (AvgIpc) is 2.36. The van der Waals surface area contributed by atoms with Crippen LogP contribution < -0.4 is 14.8 Å². The Morgan fingerprint density at radius 3 is 2.29 bits per heavy atom. The van der Waals surface area contributed by atoms with Crippen LogP contribution in [-0.4, -0.2) is 33.1 Å². The number of ether oxygens (including phenoxy) is 2. The van der Waals surface area contributed by atoms with Gasteiger partial charge in [0.05, 0.1) is 25.8 Å². The molecule has 4 nitrogen and oxygen atoms in total. The highest BCUT2D eigenvalue weighted by Crippen LogP contribution is 2.29. The molecule has 1 rings (SSSR count). The van der Waals surface area contributed by atoms with Gasteiger partial charge in [0.2, 0.25) is 0 Å². The fraction of sp³-hybridized carbons (Fsp3) is 0.462. The number of hydrogen-bond donors (Lipinski definition) is 1. The fourth-order valence-electron chi connectivity index (χ4n) is 1.61. The summed E-state index contributed by atoms with van der Waals surface area (Å²) >= 11 is 0. The van der Waals surface area contributed by atoms with Crippen LogP contribution in [0.4, 0.5) is 0 Å². The highest BCUT2D eigenvalue weighted by atomic mass is 16.5. The van der Waals surface area contributed by atoms with Crippen molar-refractivity contribution in [2.45, 2.75) is 19.9 Å². The van der Waals surface area contributed by atoms with Crippen LogP contribution in [-0.2, 0) is 0 Å². The van der Waals surface area contributed by atoms with Crippen LogP contribution in [0.15, 0.2) is 12.1 Å². The lowest BCUT2D eigenvalue weighted by Gasteiger charge is -2.15. The molecule has 0 heterocycles. The Morgan fingerprint density at radius 1 is 1.24 bits per heavy atom. The van der Waals surface area contributed by atoms with Crippen LogP contribution in [0.1, 0.15) is 22.8 Å². The number of ketones is 1. The molecule has 0 aliphatic carbocycles. The van der Waals surface area contributed by atoms with E-state index in [4.69, 9.17) is 9.47 Å². The lowest BCUT2D eigenvalue weighted by molar-refractivity contribution is 0.0951. The van der Waals surface area contributed by atoms with Gasteiger partial charge in [-0.1, -0.05) is 0 Å². The summed E-state index contributed by atoms with van der Waals surface area (Å²) in [6, 6.07) is 3.29. The molecular weight excluding hydrogens is 218 g/mol. The Labute approximate surface area is 102 Å². The van der Waals surface area contributed by atoms with Crippen molar-refractivity contribution in [1.29, 1.82) is 0 Å². The monoisotopic (exact) mass is 237 g/mol. The highest BCUT2D eigenvalue weighted by Gasteiger charge is 2.19. The molecule has 0 radical (unpaired) electrons. The molecule has 0 saturated heterocycles. The van der Waals surface area contributed by atoms with Gasteiger partial charge >= 0.3 is 0 Å². The van der Waals surface area contributed by atoms with Crippen molar-refractivity contribution in [3.63, 3.8) is 0 Å². The Morgan fingerprint density at radius 2 is 1.82 bits per heavy atom. The van der Waals surface area contributed by atoms with Crippen LogP contribution in [0, 0.1) is 6.92 Å². The maximum atomic E-state index is 12.1. The molecule has 1 unspecified atom stereocenters. The molecule has 0 aliphatic heterocycles. The Balaban J connectivity index is 3.25. The molecule has 1 N–H and O–H groups in total. The number of nitrogens with one attached hydrogen (secondary N) is 1. The van der Waals surface area contributed by atoms with Gasteiger partial charge in [0.1, 0.15) is 11.5 Å². The van der Waals surface area contributed by atoms with Crippen molar-refractivity contribution in [3.05, 3.63) is 23.3 Å².